The van der Waals surface area contributed by atoms with Crippen LogP contribution < -0.4 is 22.2 Å². The monoisotopic (exact) mass is 593 g/mol. The fraction of sp³-hybridized carbons (Fsp3) is 0.269. The highest BCUT2D eigenvalue weighted by Gasteiger charge is 2.37. The zero-order valence-corrected chi connectivity index (χ0v) is 21.4. The number of fused-ring (bicyclic) bond motifs is 1. The number of ether oxygens (including phenoxy) is 1. The van der Waals surface area contributed by atoms with Gasteiger partial charge in [0.15, 0.2) is 0 Å². The molecule has 0 spiro atoms. The Morgan fingerprint density at radius 2 is 1.95 bits per heavy atom. The van der Waals surface area contributed by atoms with Crippen molar-refractivity contribution in [1.29, 1.82) is 5.26 Å². The molecule has 1 aromatic carbocycles. The molecule has 1 unspecified atom stereocenters. The van der Waals surface area contributed by atoms with E-state index in [1.807, 2.05) is 6.07 Å². The predicted molar refractivity (Wildman–Crippen MR) is 139 cm³/mol. The molecule has 16 heteroatoms. The number of halogens is 6. The lowest BCUT2D eigenvalue weighted by Gasteiger charge is -2.22. The van der Waals surface area contributed by atoms with Crippen molar-refractivity contribution in [1.82, 2.24) is 19.7 Å². The fourth-order valence-corrected chi connectivity index (χ4v) is 4.30. The zero-order valence-electron chi connectivity index (χ0n) is 21.4. The minimum atomic E-state index is -5.05. The number of aromatic nitrogens is 4. The van der Waals surface area contributed by atoms with E-state index in [0.717, 1.165) is 6.07 Å². The number of hydrogen-bond donors (Lipinski definition) is 3. The van der Waals surface area contributed by atoms with Gasteiger partial charge in [-0.2, -0.15) is 32.3 Å². The molecule has 4 rings (SSSR count). The standard InChI is InChI=1S/C26H21F6N7O3/c27-18-9-16-13(8-17(18)19-4-3-14(10-33)22(34)37-19)5-7-39(24(16)41)6-1-2-15(12-42-25(28)29)36-20-11-35-38-23(40)21(20)26(30,31)32/h3-5,7-9,11,15,25H,1-2,6,12H2,(H2,34,37)(H2,36,38,40). The summed E-state index contributed by atoms with van der Waals surface area (Å²) in [5, 5.41) is 16.8. The van der Waals surface area contributed by atoms with Gasteiger partial charge in [0, 0.05) is 24.3 Å². The number of alkyl halides is 5. The zero-order chi connectivity index (χ0) is 30.6. The van der Waals surface area contributed by atoms with Gasteiger partial charge in [0.2, 0.25) is 0 Å². The number of H-pyrrole nitrogens is 1. The van der Waals surface area contributed by atoms with E-state index < -0.39 is 53.6 Å². The largest absolute Gasteiger partial charge is 0.423 e. The summed E-state index contributed by atoms with van der Waals surface area (Å²) in [6.07, 6.45) is -2.88. The van der Waals surface area contributed by atoms with Gasteiger partial charge in [-0.15, -0.1) is 0 Å². The van der Waals surface area contributed by atoms with Crippen LogP contribution in [0.4, 0.5) is 37.8 Å². The Hall–Kier alpha value is -4.91. The summed E-state index contributed by atoms with van der Waals surface area (Å²) < 4.78 is 86.1. The maximum Gasteiger partial charge on any atom is 0.423 e. The van der Waals surface area contributed by atoms with E-state index in [1.165, 1.54) is 29.0 Å². The van der Waals surface area contributed by atoms with Crippen LogP contribution in [0, 0.1) is 17.1 Å². The van der Waals surface area contributed by atoms with Crippen LogP contribution in [0.15, 0.2) is 52.3 Å². The minimum Gasteiger partial charge on any atom is -0.383 e. The topological polar surface area (TPSA) is 152 Å². The highest BCUT2D eigenvalue weighted by Crippen LogP contribution is 2.32. The maximum absolute atomic E-state index is 15.0. The summed E-state index contributed by atoms with van der Waals surface area (Å²) in [6.45, 7) is -3.91. The SMILES string of the molecule is N#Cc1ccc(-c2cc3ccn(CCCC(COC(F)F)Nc4cn[nH]c(=O)c4C(F)(F)F)c(=O)c3cc2F)nc1N. The lowest BCUT2D eigenvalue weighted by atomic mass is 10.0. The number of hydrogen-bond acceptors (Lipinski definition) is 8. The number of nitrogen functional groups attached to an aromatic ring is 1. The lowest BCUT2D eigenvalue weighted by Crippen LogP contribution is -2.32. The second-order valence-corrected chi connectivity index (χ2v) is 9.04. The molecule has 0 amide bonds. The molecule has 3 heterocycles. The Kier molecular flexibility index (Phi) is 8.81. The molecule has 3 aromatic heterocycles. The van der Waals surface area contributed by atoms with E-state index in [9.17, 15) is 31.5 Å². The molecule has 0 radical (unpaired) electrons. The van der Waals surface area contributed by atoms with Crippen LogP contribution in [-0.4, -0.2) is 39.0 Å². The fourth-order valence-electron chi connectivity index (χ4n) is 4.30. The Balaban J connectivity index is 1.54. The third-order valence-corrected chi connectivity index (χ3v) is 6.26. The Morgan fingerprint density at radius 3 is 2.62 bits per heavy atom. The van der Waals surface area contributed by atoms with E-state index in [2.05, 4.69) is 20.1 Å². The first-order chi connectivity index (χ1) is 19.9. The first-order valence-corrected chi connectivity index (χ1v) is 12.2. The average molecular weight is 593 g/mol. The van der Waals surface area contributed by atoms with Crippen molar-refractivity contribution in [3.05, 3.63) is 80.4 Å². The van der Waals surface area contributed by atoms with Crippen molar-refractivity contribution in [2.45, 2.75) is 38.2 Å². The molecule has 0 saturated carbocycles. The quantitative estimate of drug-likeness (QED) is 0.231. The second kappa shape index (κ2) is 12.3. The Morgan fingerprint density at radius 1 is 1.19 bits per heavy atom. The van der Waals surface area contributed by atoms with Gasteiger partial charge in [0.1, 0.15) is 23.3 Å². The summed E-state index contributed by atoms with van der Waals surface area (Å²) in [5.41, 5.74) is 1.67. The van der Waals surface area contributed by atoms with Crippen molar-refractivity contribution in [2.75, 3.05) is 17.7 Å². The molecule has 0 fully saturated rings. The van der Waals surface area contributed by atoms with Crippen molar-refractivity contribution >= 4 is 22.3 Å². The van der Waals surface area contributed by atoms with E-state index >= 15 is 4.39 Å². The van der Waals surface area contributed by atoms with Crippen molar-refractivity contribution in [2.24, 2.45) is 0 Å². The molecule has 4 N–H and O–H groups in total. The van der Waals surface area contributed by atoms with Crippen molar-refractivity contribution < 1.29 is 31.1 Å². The Labute approximate surface area is 232 Å². The summed E-state index contributed by atoms with van der Waals surface area (Å²) >= 11 is 0. The van der Waals surface area contributed by atoms with Gasteiger partial charge in [-0.25, -0.2) is 14.5 Å². The first-order valence-electron chi connectivity index (χ1n) is 12.2. The number of pyridine rings is 2. The molecule has 4 aromatic rings. The van der Waals surface area contributed by atoms with Crippen LogP contribution >= 0.6 is 0 Å². The van der Waals surface area contributed by atoms with E-state index in [1.54, 1.807) is 11.2 Å². The van der Waals surface area contributed by atoms with Crippen LogP contribution in [0.3, 0.4) is 0 Å². The molecule has 220 valence electrons. The van der Waals surface area contributed by atoms with Crippen molar-refractivity contribution in [3.8, 4) is 17.3 Å². The van der Waals surface area contributed by atoms with E-state index in [0.29, 0.717) is 11.6 Å². The smallest absolute Gasteiger partial charge is 0.383 e. The molecule has 0 saturated heterocycles. The highest BCUT2D eigenvalue weighted by atomic mass is 19.4. The van der Waals surface area contributed by atoms with E-state index in [4.69, 9.17) is 11.0 Å². The summed E-state index contributed by atoms with van der Waals surface area (Å²) in [4.78, 5) is 28.8. The lowest BCUT2D eigenvalue weighted by molar-refractivity contribution is -0.138. The number of aromatic amines is 1. The number of nitriles is 1. The number of aryl methyl sites for hydroxylation is 1. The second-order valence-electron chi connectivity index (χ2n) is 9.04. The van der Waals surface area contributed by atoms with Gasteiger partial charge in [-0.05, 0) is 48.6 Å². The third kappa shape index (κ3) is 6.69. The Bertz CT molecular complexity index is 1770. The molecular weight excluding hydrogens is 572 g/mol. The van der Waals surface area contributed by atoms with Gasteiger partial charge >= 0.3 is 12.8 Å². The van der Waals surface area contributed by atoms with Gasteiger partial charge < -0.3 is 20.4 Å². The average Bonchev–Trinajstić information content (AvgIpc) is 2.92. The molecule has 0 aliphatic carbocycles. The molecule has 42 heavy (non-hydrogen) atoms. The molecule has 0 aliphatic heterocycles. The summed E-state index contributed by atoms with van der Waals surface area (Å²) in [7, 11) is 0. The number of benzene rings is 1. The molecule has 10 nitrogen and oxygen atoms in total. The third-order valence-electron chi connectivity index (χ3n) is 6.26. The normalized spacial score (nSPS) is 12.4. The molecule has 1 atom stereocenters. The predicted octanol–water partition coefficient (Wildman–Crippen LogP) is 4.26. The summed E-state index contributed by atoms with van der Waals surface area (Å²) in [6, 6.07) is 7.52. The van der Waals surface area contributed by atoms with Crippen molar-refractivity contribution in [3.63, 3.8) is 0 Å². The van der Waals surface area contributed by atoms with Crippen LogP contribution in [0.2, 0.25) is 0 Å². The number of anilines is 2. The number of nitrogens with two attached hydrogens (primary N) is 1. The van der Waals surface area contributed by atoms with Crippen LogP contribution in [0.25, 0.3) is 22.0 Å². The number of nitrogens with zero attached hydrogens (tertiary/aromatic N) is 4. The number of rotatable bonds is 10. The minimum absolute atomic E-state index is 0.00152. The van der Waals surface area contributed by atoms with Crippen LogP contribution in [0.5, 0.6) is 0 Å². The molecular formula is C26H21F6N7O3. The van der Waals surface area contributed by atoms with Gasteiger partial charge in [0.25, 0.3) is 11.1 Å². The highest BCUT2D eigenvalue weighted by molar-refractivity contribution is 5.86. The van der Waals surface area contributed by atoms with Gasteiger partial charge in [0.05, 0.1) is 35.1 Å². The van der Waals surface area contributed by atoms with Gasteiger partial charge in [-0.3, -0.25) is 9.59 Å². The van der Waals surface area contributed by atoms with Gasteiger partial charge in [-0.1, -0.05) is 0 Å². The maximum atomic E-state index is 15.0. The van der Waals surface area contributed by atoms with Crippen LogP contribution in [-0.2, 0) is 17.5 Å². The summed E-state index contributed by atoms with van der Waals surface area (Å²) in [5.74, 6) is -0.851. The van der Waals surface area contributed by atoms with E-state index in [-0.39, 0.29) is 47.4 Å². The van der Waals surface area contributed by atoms with Crippen LogP contribution in [0.1, 0.15) is 24.0 Å². The first kappa shape index (κ1) is 30.1. The molecule has 0 aliphatic rings. The molecule has 0 bridgehead atoms. The number of nitrogens with one attached hydrogen (secondary N) is 2.